The van der Waals surface area contributed by atoms with E-state index in [1.807, 2.05) is 18.2 Å². The van der Waals surface area contributed by atoms with E-state index in [-0.39, 0.29) is 11.9 Å². The van der Waals surface area contributed by atoms with Crippen molar-refractivity contribution >= 4 is 33.8 Å². The van der Waals surface area contributed by atoms with Gasteiger partial charge in [0.2, 0.25) is 0 Å². The fourth-order valence-electron chi connectivity index (χ4n) is 2.36. The first-order valence-electron chi connectivity index (χ1n) is 9.80. The van der Waals surface area contributed by atoms with E-state index in [0.717, 1.165) is 35.0 Å². The Morgan fingerprint density at radius 2 is 1.97 bits per heavy atom. The summed E-state index contributed by atoms with van der Waals surface area (Å²) in [4.78, 5) is 24.9. The normalized spacial score (nSPS) is 10.6. The Morgan fingerprint density at radius 3 is 2.53 bits per heavy atom. The van der Waals surface area contributed by atoms with Crippen molar-refractivity contribution in [3.63, 3.8) is 0 Å². The highest BCUT2D eigenvalue weighted by Crippen LogP contribution is 2.25. The lowest BCUT2D eigenvalue weighted by molar-refractivity contribution is -0.192. The van der Waals surface area contributed by atoms with Crippen LogP contribution in [0.15, 0.2) is 33.9 Å². The Kier molecular flexibility index (Phi) is 11.8. The number of halogens is 4. The van der Waals surface area contributed by atoms with Crippen LogP contribution in [0.3, 0.4) is 0 Å². The smallest absolute Gasteiger partial charge is 0.490 e. The number of benzene rings is 1. The number of alkyl halides is 3. The third-order valence-corrected chi connectivity index (χ3v) is 4.64. The molecule has 0 aliphatic rings. The van der Waals surface area contributed by atoms with Crippen molar-refractivity contribution in [2.45, 2.75) is 32.0 Å². The molecular formula is C19H25BrF3N7O4. The molecule has 0 fully saturated rings. The highest BCUT2D eigenvalue weighted by molar-refractivity contribution is 9.10. The maximum absolute atomic E-state index is 12.1. The first kappa shape index (κ1) is 28.7. The lowest BCUT2D eigenvalue weighted by Crippen LogP contribution is -2.25. The number of ether oxygens (including phenoxy) is 1. The number of nitrogens with two attached hydrogens (primary N) is 2. The molecular weight excluding hydrogens is 527 g/mol. The number of carboxylic acid groups (broad SMARTS) is 1. The Hall–Kier alpha value is -3.36. The number of amides is 1. The van der Waals surface area contributed by atoms with E-state index in [9.17, 15) is 18.0 Å². The van der Waals surface area contributed by atoms with E-state index in [4.69, 9.17) is 26.1 Å². The van der Waals surface area contributed by atoms with Gasteiger partial charge in [-0.1, -0.05) is 11.3 Å². The molecule has 2 rings (SSSR count). The van der Waals surface area contributed by atoms with E-state index in [1.165, 1.54) is 0 Å². The summed E-state index contributed by atoms with van der Waals surface area (Å²) in [6.45, 7) is 1.71. The molecule has 188 valence electrons. The van der Waals surface area contributed by atoms with Crippen molar-refractivity contribution in [2.75, 3.05) is 20.2 Å². The highest BCUT2D eigenvalue weighted by atomic mass is 79.9. The molecule has 1 aromatic heterocycles. The number of guanidine groups is 1. The number of rotatable bonds is 10. The Labute approximate surface area is 201 Å². The number of nitrogens with zero attached hydrogens (tertiary/aromatic N) is 4. The summed E-state index contributed by atoms with van der Waals surface area (Å²) >= 11 is 3.47. The van der Waals surface area contributed by atoms with E-state index >= 15 is 0 Å². The number of hydrogen-bond donors (Lipinski definition) is 4. The Bertz CT molecular complexity index is 979. The predicted octanol–water partition coefficient (Wildman–Crippen LogP) is 1.71. The molecule has 0 saturated carbocycles. The summed E-state index contributed by atoms with van der Waals surface area (Å²) in [7, 11) is 1.63. The summed E-state index contributed by atoms with van der Waals surface area (Å²) in [6.07, 6.45) is -1.10. The van der Waals surface area contributed by atoms with Crippen LogP contribution < -0.4 is 21.5 Å². The van der Waals surface area contributed by atoms with Crippen molar-refractivity contribution in [3.8, 4) is 5.75 Å². The molecule has 0 radical (unpaired) electrons. The fraction of sp³-hybridized carbons (Fsp3) is 0.421. The van der Waals surface area contributed by atoms with Gasteiger partial charge < -0.3 is 26.6 Å². The zero-order valence-electron chi connectivity index (χ0n) is 18.2. The quantitative estimate of drug-likeness (QED) is 0.196. The van der Waals surface area contributed by atoms with Gasteiger partial charge in [0.15, 0.2) is 11.7 Å². The molecule has 0 atom stereocenters. The maximum atomic E-state index is 12.1. The fourth-order valence-corrected chi connectivity index (χ4v) is 2.95. The molecule has 2 aromatic rings. The van der Waals surface area contributed by atoms with E-state index in [2.05, 4.69) is 36.6 Å². The van der Waals surface area contributed by atoms with Gasteiger partial charge in [0.25, 0.3) is 5.91 Å². The molecule has 0 aliphatic heterocycles. The first-order valence-corrected chi connectivity index (χ1v) is 10.6. The van der Waals surface area contributed by atoms with E-state index < -0.39 is 12.1 Å². The molecule has 0 unspecified atom stereocenters. The van der Waals surface area contributed by atoms with Crippen molar-refractivity contribution in [1.82, 2.24) is 20.3 Å². The van der Waals surface area contributed by atoms with E-state index in [0.29, 0.717) is 25.3 Å². The minimum absolute atomic E-state index is 0.0812. The van der Waals surface area contributed by atoms with Crippen LogP contribution in [-0.2, 0) is 17.8 Å². The zero-order valence-corrected chi connectivity index (χ0v) is 19.8. The monoisotopic (exact) mass is 551 g/mol. The van der Waals surface area contributed by atoms with Crippen LogP contribution in [-0.4, -0.2) is 64.3 Å². The number of hydrogen-bond acceptors (Lipinski definition) is 6. The SMILES string of the molecule is COc1ccc(CCn2cc(C(=O)NCCCCN=C(N)N)nn2)cc1Br.O=C(O)C(F)(F)F. The molecule has 0 bridgehead atoms. The number of carboxylic acids is 1. The molecule has 0 spiro atoms. The van der Waals surface area contributed by atoms with Gasteiger partial charge in [0, 0.05) is 19.6 Å². The van der Waals surface area contributed by atoms with Crippen molar-refractivity contribution in [2.24, 2.45) is 16.5 Å². The molecule has 1 heterocycles. The molecule has 0 aliphatic carbocycles. The molecule has 1 aromatic carbocycles. The topological polar surface area (TPSA) is 171 Å². The average molecular weight is 552 g/mol. The molecule has 1 amide bonds. The Balaban J connectivity index is 0.000000718. The highest BCUT2D eigenvalue weighted by Gasteiger charge is 2.38. The number of aliphatic carboxylic acids is 1. The number of aryl methyl sites for hydroxylation is 2. The second-order valence-electron chi connectivity index (χ2n) is 6.66. The van der Waals surface area contributed by atoms with Crippen LogP contribution in [0.4, 0.5) is 13.2 Å². The predicted molar refractivity (Wildman–Crippen MR) is 120 cm³/mol. The number of unbranched alkanes of at least 4 members (excludes halogenated alkanes) is 1. The van der Waals surface area contributed by atoms with Crippen molar-refractivity contribution in [1.29, 1.82) is 0 Å². The number of aliphatic imine (C=N–C) groups is 1. The van der Waals surface area contributed by atoms with Crippen LogP contribution in [0.5, 0.6) is 5.75 Å². The Morgan fingerprint density at radius 1 is 1.29 bits per heavy atom. The van der Waals surface area contributed by atoms with Crippen LogP contribution in [0.2, 0.25) is 0 Å². The minimum atomic E-state index is -5.08. The van der Waals surface area contributed by atoms with Crippen molar-refractivity contribution < 1.29 is 32.6 Å². The lowest BCUT2D eigenvalue weighted by atomic mass is 10.1. The molecule has 11 nitrogen and oxygen atoms in total. The maximum Gasteiger partial charge on any atom is 0.490 e. The summed E-state index contributed by atoms with van der Waals surface area (Å²) in [5.41, 5.74) is 11.9. The van der Waals surface area contributed by atoms with Gasteiger partial charge in [-0.2, -0.15) is 13.2 Å². The number of methoxy groups -OCH3 is 1. The first-order chi connectivity index (χ1) is 15.9. The summed E-state index contributed by atoms with van der Waals surface area (Å²) in [6, 6.07) is 5.91. The largest absolute Gasteiger partial charge is 0.496 e. The standard InChI is InChI=1S/C17H24BrN7O2.C2HF3O2/c1-27-15-5-4-12(10-13(15)18)6-9-25-11-14(23-24-25)16(26)21-7-2-3-8-22-17(19)20;3-2(4,5)1(6)7/h4-5,10-11H,2-3,6-9H2,1H3,(H,21,26)(H4,19,20,22);(H,6,7). The van der Waals surface area contributed by atoms with Crippen molar-refractivity contribution in [3.05, 3.63) is 40.1 Å². The number of aromatic nitrogens is 3. The van der Waals surface area contributed by atoms with Gasteiger partial charge in [0.1, 0.15) is 5.75 Å². The third-order valence-electron chi connectivity index (χ3n) is 4.02. The summed E-state index contributed by atoms with van der Waals surface area (Å²) < 4.78 is 39.5. The number of carbonyl (C=O) groups excluding carboxylic acids is 1. The summed E-state index contributed by atoms with van der Waals surface area (Å²) in [5.74, 6) is -2.13. The minimum Gasteiger partial charge on any atom is -0.496 e. The molecule has 34 heavy (non-hydrogen) atoms. The van der Waals surface area contributed by atoms with Gasteiger partial charge in [0.05, 0.1) is 17.8 Å². The molecule has 6 N–H and O–H groups in total. The van der Waals surface area contributed by atoms with Gasteiger partial charge >= 0.3 is 12.1 Å². The second-order valence-corrected chi connectivity index (χ2v) is 7.51. The number of carbonyl (C=O) groups is 2. The van der Waals surface area contributed by atoms with Crippen LogP contribution in [0.25, 0.3) is 0 Å². The number of nitrogens with one attached hydrogen (secondary N) is 1. The van der Waals surface area contributed by atoms with Gasteiger partial charge in [-0.05, 0) is 52.9 Å². The lowest BCUT2D eigenvalue weighted by Gasteiger charge is -2.06. The zero-order chi connectivity index (χ0) is 25.7. The summed E-state index contributed by atoms with van der Waals surface area (Å²) in [5, 5.41) is 17.9. The van der Waals surface area contributed by atoms with Crippen LogP contribution >= 0.6 is 15.9 Å². The third kappa shape index (κ3) is 11.0. The van der Waals surface area contributed by atoms with Crippen LogP contribution in [0.1, 0.15) is 28.9 Å². The van der Waals surface area contributed by atoms with E-state index in [1.54, 1.807) is 18.0 Å². The van der Waals surface area contributed by atoms with Gasteiger partial charge in [-0.3, -0.25) is 14.5 Å². The van der Waals surface area contributed by atoms with Gasteiger partial charge in [-0.15, -0.1) is 5.10 Å². The average Bonchev–Trinajstić information content (AvgIpc) is 3.23. The van der Waals surface area contributed by atoms with Crippen LogP contribution in [0, 0.1) is 0 Å². The van der Waals surface area contributed by atoms with Gasteiger partial charge in [-0.25, -0.2) is 4.79 Å². The molecule has 0 saturated heterocycles. The second kappa shape index (κ2) is 14.0. The molecule has 15 heteroatoms.